The molecule has 31 heavy (non-hydrogen) atoms. The molecule has 1 saturated heterocycles. The summed E-state index contributed by atoms with van der Waals surface area (Å²) in [6, 6.07) is 10.2. The zero-order chi connectivity index (χ0) is 22.0. The molecule has 0 spiro atoms. The highest BCUT2D eigenvalue weighted by atomic mass is 32.2. The number of carbonyl (C=O) groups is 1. The normalized spacial score (nSPS) is 16.8. The highest BCUT2D eigenvalue weighted by Gasteiger charge is 2.28. The van der Waals surface area contributed by atoms with E-state index in [1.54, 1.807) is 0 Å². The van der Waals surface area contributed by atoms with Crippen molar-refractivity contribution in [1.82, 2.24) is 9.88 Å². The van der Waals surface area contributed by atoms with Gasteiger partial charge in [0.25, 0.3) is 5.91 Å². The minimum atomic E-state index is -0.247. The van der Waals surface area contributed by atoms with E-state index in [4.69, 9.17) is 0 Å². The van der Waals surface area contributed by atoms with Crippen molar-refractivity contribution in [3.8, 4) is 6.07 Å². The van der Waals surface area contributed by atoms with E-state index in [2.05, 4.69) is 45.2 Å². The van der Waals surface area contributed by atoms with Crippen LogP contribution in [0.5, 0.6) is 0 Å². The first-order chi connectivity index (χ1) is 15.0. The van der Waals surface area contributed by atoms with Crippen LogP contribution in [-0.4, -0.2) is 54.8 Å². The molecule has 1 saturated carbocycles. The van der Waals surface area contributed by atoms with Gasteiger partial charge in [0.1, 0.15) is 11.1 Å². The number of aryl methyl sites for hydroxylation is 1. The molecule has 6 nitrogen and oxygen atoms in total. The van der Waals surface area contributed by atoms with Crippen LogP contribution in [0.3, 0.4) is 0 Å². The lowest BCUT2D eigenvalue weighted by Crippen LogP contribution is -2.46. The molecular weight excluding hydrogens is 406 g/mol. The molecule has 1 N–H and O–H groups in total. The lowest BCUT2D eigenvalue weighted by atomic mass is 10.1. The summed E-state index contributed by atoms with van der Waals surface area (Å²) in [5, 5.41) is 13.3. The van der Waals surface area contributed by atoms with Crippen molar-refractivity contribution in [2.75, 3.05) is 49.2 Å². The van der Waals surface area contributed by atoms with Gasteiger partial charge in [0.05, 0.1) is 11.1 Å². The van der Waals surface area contributed by atoms with Gasteiger partial charge in [-0.1, -0.05) is 6.92 Å². The highest BCUT2D eigenvalue weighted by molar-refractivity contribution is 7.98. The monoisotopic (exact) mass is 435 g/mol. The quantitative estimate of drug-likeness (QED) is 0.684. The summed E-state index contributed by atoms with van der Waals surface area (Å²) in [5.41, 5.74) is 4.69. The second-order valence-corrected chi connectivity index (χ2v) is 9.03. The standard InChI is InChI=1S/C24H29N5OS/c1-4-28-9-11-29(12-10-28)18-7-8-21(16(2)13-18)26-23(30)19-14-22(17-5-6-17)27-24(31-3)20(19)15-25/h7-8,13-14,17H,4-6,9-12H2,1-3H3,(H,26,30). The number of aromatic nitrogens is 1. The number of rotatable bonds is 6. The van der Waals surface area contributed by atoms with Crippen molar-refractivity contribution in [2.24, 2.45) is 0 Å². The summed E-state index contributed by atoms with van der Waals surface area (Å²) in [5.74, 6) is 0.169. The van der Waals surface area contributed by atoms with Gasteiger partial charge in [-0.3, -0.25) is 4.79 Å². The second kappa shape index (κ2) is 9.29. The maximum Gasteiger partial charge on any atom is 0.257 e. The lowest BCUT2D eigenvalue weighted by Gasteiger charge is -2.35. The Bertz CT molecular complexity index is 1020. The molecule has 1 aliphatic carbocycles. The SMILES string of the molecule is CCN1CCN(c2ccc(NC(=O)c3cc(C4CC4)nc(SC)c3C#N)c(C)c2)CC1. The summed E-state index contributed by atoms with van der Waals surface area (Å²) < 4.78 is 0. The van der Waals surface area contributed by atoms with E-state index in [0.29, 0.717) is 22.1 Å². The number of amides is 1. The molecule has 162 valence electrons. The van der Waals surface area contributed by atoms with Gasteiger partial charge >= 0.3 is 0 Å². The number of pyridine rings is 1. The Balaban J connectivity index is 1.54. The Kier molecular flexibility index (Phi) is 6.49. The number of benzene rings is 1. The number of nitriles is 1. The van der Waals surface area contributed by atoms with E-state index in [-0.39, 0.29) is 5.91 Å². The van der Waals surface area contributed by atoms with Crippen LogP contribution in [0.4, 0.5) is 11.4 Å². The van der Waals surface area contributed by atoms with Crippen LogP contribution in [0.2, 0.25) is 0 Å². The van der Waals surface area contributed by atoms with E-state index in [0.717, 1.165) is 62.5 Å². The molecule has 1 aromatic carbocycles. The molecule has 0 bridgehead atoms. The minimum Gasteiger partial charge on any atom is -0.369 e. The highest BCUT2D eigenvalue weighted by Crippen LogP contribution is 2.40. The van der Waals surface area contributed by atoms with Gasteiger partial charge in [-0.15, -0.1) is 11.8 Å². The number of hydrogen-bond donors (Lipinski definition) is 1. The number of thioether (sulfide) groups is 1. The molecule has 7 heteroatoms. The lowest BCUT2D eigenvalue weighted by molar-refractivity contribution is 0.102. The van der Waals surface area contributed by atoms with Gasteiger partial charge in [-0.05, 0) is 62.4 Å². The predicted molar refractivity (Wildman–Crippen MR) is 126 cm³/mol. The van der Waals surface area contributed by atoms with E-state index in [9.17, 15) is 10.1 Å². The van der Waals surface area contributed by atoms with Crippen molar-refractivity contribution in [2.45, 2.75) is 37.6 Å². The zero-order valence-electron chi connectivity index (χ0n) is 18.4. The fourth-order valence-electron chi connectivity index (χ4n) is 4.06. The molecular formula is C24H29N5OS. The van der Waals surface area contributed by atoms with E-state index in [1.165, 1.54) is 17.4 Å². The number of anilines is 2. The van der Waals surface area contributed by atoms with Crippen LogP contribution in [0.25, 0.3) is 0 Å². The summed E-state index contributed by atoms with van der Waals surface area (Å²) in [4.78, 5) is 22.6. The molecule has 2 aromatic rings. The van der Waals surface area contributed by atoms with Crippen LogP contribution in [0.15, 0.2) is 29.3 Å². The topological polar surface area (TPSA) is 72.3 Å². The first kappa shape index (κ1) is 21.7. The smallest absolute Gasteiger partial charge is 0.257 e. The maximum atomic E-state index is 13.1. The number of nitrogens with one attached hydrogen (secondary N) is 1. The maximum absolute atomic E-state index is 13.1. The molecule has 0 atom stereocenters. The van der Waals surface area contributed by atoms with E-state index < -0.39 is 0 Å². The third kappa shape index (κ3) is 4.70. The van der Waals surface area contributed by atoms with Crippen LogP contribution in [0.1, 0.15) is 52.9 Å². The number of likely N-dealkylation sites (N-methyl/N-ethyl adjacent to an activating group) is 1. The van der Waals surface area contributed by atoms with Gasteiger partial charge in [-0.2, -0.15) is 5.26 Å². The Hall–Kier alpha value is -2.56. The van der Waals surface area contributed by atoms with Gasteiger partial charge in [-0.25, -0.2) is 4.98 Å². The molecule has 1 aliphatic heterocycles. The minimum absolute atomic E-state index is 0.247. The molecule has 2 fully saturated rings. The first-order valence-electron chi connectivity index (χ1n) is 10.9. The van der Waals surface area contributed by atoms with Crippen molar-refractivity contribution >= 4 is 29.0 Å². The van der Waals surface area contributed by atoms with E-state index in [1.807, 2.05) is 25.3 Å². The van der Waals surface area contributed by atoms with Crippen LogP contribution in [0, 0.1) is 18.3 Å². The van der Waals surface area contributed by atoms with E-state index >= 15 is 0 Å². The molecule has 1 aromatic heterocycles. The molecule has 0 unspecified atom stereocenters. The Labute approximate surface area is 188 Å². The third-order valence-corrected chi connectivity index (χ3v) is 6.88. The largest absolute Gasteiger partial charge is 0.369 e. The van der Waals surface area contributed by atoms with Crippen molar-refractivity contribution in [3.63, 3.8) is 0 Å². The predicted octanol–water partition coefficient (Wildman–Crippen LogP) is 4.26. The van der Waals surface area contributed by atoms with Gasteiger partial charge in [0.15, 0.2) is 0 Å². The first-order valence-corrected chi connectivity index (χ1v) is 12.1. The fourth-order valence-corrected chi connectivity index (χ4v) is 4.62. The molecule has 4 rings (SSSR count). The molecule has 0 radical (unpaired) electrons. The average molecular weight is 436 g/mol. The zero-order valence-corrected chi connectivity index (χ0v) is 19.3. The fraction of sp³-hybridized carbons (Fsp3) is 0.458. The summed E-state index contributed by atoms with van der Waals surface area (Å²) >= 11 is 1.42. The van der Waals surface area contributed by atoms with Crippen LogP contribution >= 0.6 is 11.8 Å². The van der Waals surface area contributed by atoms with Gasteiger partial charge in [0, 0.05) is 49.2 Å². The molecule has 2 heterocycles. The summed E-state index contributed by atoms with van der Waals surface area (Å²) in [6.45, 7) is 9.50. The second-order valence-electron chi connectivity index (χ2n) is 8.24. The summed E-state index contributed by atoms with van der Waals surface area (Å²) in [7, 11) is 0. The Morgan fingerprint density at radius 1 is 1.26 bits per heavy atom. The Morgan fingerprint density at radius 3 is 2.58 bits per heavy atom. The number of hydrogen-bond acceptors (Lipinski definition) is 6. The molecule has 1 amide bonds. The number of piperazine rings is 1. The summed E-state index contributed by atoms with van der Waals surface area (Å²) in [6.07, 6.45) is 4.09. The van der Waals surface area contributed by atoms with Crippen molar-refractivity contribution < 1.29 is 4.79 Å². The van der Waals surface area contributed by atoms with Crippen LogP contribution in [-0.2, 0) is 0 Å². The van der Waals surface area contributed by atoms with Crippen LogP contribution < -0.4 is 10.2 Å². The van der Waals surface area contributed by atoms with Crippen molar-refractivity contribution in [3.05, 3.63) is 46.6 Å². The number of carbonyl (C=O) groups excluding carboxylic acids is 1. The Morgan fingerprint density at radius 2 is 2.00 bits per heavy atom. The molecule has 2 aliphatic rings. The van der Waals surface area contributed by atoms with Gasteiger partial charge < -0.3 is 15.1 Å². The van der Waals surface area contributed by atoms with Crippen molar-refractivity contribution in [1.29, 1.82) is 5.26 Å². The van der Waals surface area contributed by atoms with Gasteiger partial charge in [0.2, 0.25) is 0 Å². The average Bonchev–Trinajstić information content (AvgIpc) is 3.65. The number of nitrogens with zero attached hydrogens (tertiary/aromatic N) is 4. The third-order valence-electron chi connectivity index (χ3n) is 6.19.